The van der Waals surface area contributed by atoms with Crippen molar-refractivity contribution in [2.45, 2.75) is 32.2 Å². The lowest BCUT2D eigenvalue weighted by Gasteiger charge is -2.14. The number of carboxylic acids is 2. The van der Waals surface area contributed by atoms with Gasteiger partial charge in [-0.25, -0.2) is 4.79 Å². The van der Waals surface area contributed by atoms with Crippen LogP contribution in [-0.2, 0) is 19.2 Å². The molecule has 8 heteroatoms. The first-order chi connectivity index (χ1) is 8.32. The van der Waals surface area contributed by atoms with Crippen molar-refractivity contribution in [3.63, 3.8) is 0 Å². The van der Waals surface area contributed by atoms with Crippen molar-refractivity contribution >= 4 is 23.8 Å². The molecule has 0 bridgehead atoms. The number of amides is 2. The third-order valence-electron chi connectivity index (χ3n) is 2.01. The highest BCUT2D eigenvalue weighted by Crippen LogP contribution is 2.01. The first-order valence-electron chi connectivity index (χ1n) is 5.31. The summed E-state index contributed by atoms with van der Waals surface area (Å²) >= 11 is 0. The summed E-state index contributed by atoms with van der Waals surface area (Å²) in [5, 5.41) is 21.7. The molecule has 0 saturated carbocycles. The number of carboxylic acid groups (broad SMARTS) is 2. The van der Waals surface area contributed by atoms with Crippen LogP contribution in [0.2, 0.25) is 0 Å². The Hall–Kier alpha value is -2.12. The predicted octanol–water partition coefficient (Wildman–Crippen LogP) is -1.05. The van der Waals surface area contributed by atoms with E-state index < -0.39 is 29.8 Å². The number of carbonyl (C=O) groups excluding carboxylic acids is 2. The monoisotopic (exact) mass is 260 g/mol. The van der Waals surface area contributed by atoms with Crippen molar-refractivity contribution in [1.29, 1.82) is 0 Å². The van der Waals surface area contributed by atoms with Gasteiger partial charge in [-0.05, 0) is 12.8 Å². The zero-order valence-electron chi connectivity index (χ0n) is 9.93. The molecule has 0 radical (unpaired) electrons. The van der Waals surface area contributed by atoms with E-state index in [1.54, 1.807) is 0 Å². The van der Waals surface area contributed by atoms with Crippen molar-refractivity contribution in [2.75, 3.05) is 6.54 Å². The molecule has 2 amide bonds. The quantitative estimate of drug-likeness (QED) is 0.440. The van der Waals surface area contributed by atoms with E-state index in [2.05, 4.69) is 10.6 Å². The molecule has 0 saturated heterocycles. The molecule has 0 aliphatic heterocycles. The lowest BCUT2D eigenvalue weighted by molar-refractivity contribution is -0.142. The Bertz CT molecular complexity index is 341. The molecule has 0 aromatic carbocycles. The fraction of sp³-hybridized carbons (Fsp3) is 0.600. The minimum absolute atomic E-state index is 0.0213. The van der Waals surface area contributed by atoms with Crippen LogP contribution in [0.1, 0.15) is 26.2 Å². The van der Waals surface area contributed by atoms with Gasteiger partial charge in [0.25, 0.3) is 0 Å². The lowest BCUT2D eigenvalue weighted by Crippen LogP contribution is -2.45. The average molecular weight is 260 g/mol. The third kappa shape index (κ3) is 8.08. The van der Waals surface area contributed by atoms with Crippen LogP contribution >= 0.6 is 0 Å². The van der Waals surface area contributed by atoms with Gasteiger partial charge in [0.15, 0.2) is 0 Å². The first kappa shape index (κ1) is 15.9. The van der Waals surface area contributed by atoms with Crippen molar-refractivity contribution in [2.24, 2.45) is 0 Å². The second-order valence-electron chi connectivity index (χ2n) is 3.65. The van der Waals surface area contributed by atoms with Crippen LogP contribution in [-0.4, -0.2) is 46.6 Å². The van der Waals surface area contributed by atoms with Crippen LogP contribution in [0, 0.1) is 0 Å². The molecule has 0 fully saturated rings. The minimum Gasteiger partial charge on any atom is -0.481 e. The van der Waals surface area contributed by atoms with Gasteiger partial charge in [-0.3, -0.25) is 14.4 Å². The maximum Gasteiger partial charge on any atom is 0.326 e. The molecule has 0 aromatic rings. The summed E-state index contributed by atoms with van der Waals surface area (Å²) in [6.45, 7) is 0.923. The second-order valence-corrected chi connectivity index (χ2v) is 3.65. The van der Waals surface area contributed by atoms with Gasteiger partial charge < -0.3 is 20.8 Å². The van der Waals surface area contributed by atoms with Crippen LogP contribution < -0.4 is 10.6 Å². The molecule has 18 heavy (non-hydrogen) atoms. The number of aliphatic carboxylic acids is 2. The van der Waals surface area contributed by atoms with Crippen molar-refractivity contribution in [3.05, 3.63) is 0 Å². The molecule has 0 heterocycles. The van der Waals surface area contributed by atoms with Crippen molar-refractivity contribution in [1.82, 2.24) is 10.6 Å². The zero-order chi connectivity index (χ0) is 14.1. The van der Waals surface area contributed by atoms with Gasteiger partial charge in [0.1, 0.15) is 6.04 Å². The van der Waals surface area contributed by atoms with Gasteiger partial charge in [0, 0.05) is 13.3 Å². The van der Waals surface area contributed by atoms with Crippen LogP contribution in [0.15, 0.2) is 0 Å². The summed E-state index contributed by atoms with van der Waals surface area (Å²) < 4.78 is 0. The second kappa shape index (κ2) is 8.04. The number of hydrogen-bond acceptors (Lipinski definition) is 4. The number of rotatable bonds is 8. The average Bonchev–Trinajstić information content (AvgIpc) is 2.24. The zero-order valence-corrected chi connectivity index (χ0v) is 9.93. The Labute approximate surface area is 103 Å². The van der Waals surface area contributed by atoms with E-state index in [-0.39, 0.29) is 25.8 Å². The lowest BCUT2D eigenvalue weighted by atomic mass is 10.1. The predicted molar refractivity (Wildman–Crippen MR) is 59.7 cm³/mol. The molecular formula is C10H16N2O6. The van der Waals surface area contributed by atoms with Crippen LogP contribution in [0.3, 0.4) is 0 Å². The normalized spacial score (nSPS) is 11.4. The SMILES string of the molecule is CC(=O)NCC(=O)N[C@H](CCCC(=O)O)C(=O)O. The molecule has 0 unspecified atom stereocenters. The van der Waals surface area contributed by atoms with E-state index in [0.29, 0.717) is 0 Å². The maximum atomic E-state index is 11.3. The summed E-state index contributed by atoms with van der Waals surface area (Å²) in [6.07, 6.45) is 0.00546. The minimum atomic E-state index is -1.24. The Morgan fingerprint density at radius 2 is 1.78 bits per heavy atom. The first-order valence-corrected chi connectivity index (χ1v) is 5.31. The number of hydrogen-bond donors (Lipinski definition) is 4. The summed E-state index contributed by atoms with van der Waals surface area (Å²) in [6, 6.07) is -1.15. The molecule has 0 aliphatic rings. The molecule has 8 nitrogen and oxygen atoms in total. The Kier molecular flexibility index (Phi) is 7.10. The van der Waals surface area contributed by atoms with Crippen molar-refractivity contribution < 1.29 is 29.4 Å². The van der Waals surface area contributed by atoms with E-state index in [4.69, 9.17) is 10.2 Å². The molecule has 0 aromatic heterocycles. The molecular weight excluding hydrogens is 244 g/mol. The van der Waals surface area contributed by atoms with Gasteiger partial charge in [0.2, 0.25) is 11.8 Å². The smallest absolute Gasteiger partial charge is 0.326 e. The number of carbonyl (C=O) groups is 4. The van der Waals surface area contributed by atoms with Crippen LogP contribution in [0.4, 0.5) is 0 Å². The summed E-state index contributed by atoms with van der Waals surface area (Å²) in [5.41, 5.74) is 0. The fourth-order valence-corrected chi connectivity index (χ4v) is 1.16. The van der Waals surface area contributed by atoms with E-state index in [9.17, 15) is 19.2 Å². The Morgan fingerprint density at radius 3 is 2.22 bits per heavy atom. The summed E-state index contributed by atoms with van der Waals surface area (Å²) in [5.74, 6) is -3.30. The van der Waals surface area contributed by atoms with Gasteiger partial charge in [-0.15, -0.1) is 0 Å². The highest BCUT2D eigenvalue weighted by molar-refractivity contribution is 5.87. The van der Waals surface area contributed by atoms with Gasteiger partial charge in [0.05, 0.1) is 6.54 Å². The molecule has 1 atom stereocenters. The Morgan fingerprint density at radius 1 is 1.17 bits per heavy atom. The van der Waals surface area contributed by atoms with Crippen molar-refractivity contribution in [3.8, 4) is 0 Å². The molecule has 0 spiro atoms. The van der Waals surface area contributed by atoms with E-state index in [1.807, 2.05) is 0 Å². The molecule has 0 aliphatic carbocycles. The fourth-order valence-electron chi connectivity index (χ4n) is 1.16. The van der Waals surface area contributed by atoms with Gasteiger partial charge in [-0.2, -0.15) is 0 Å². The Balaban J connectivity index is 4.10. The summed E-state index contributed by atoms with van der Waals surface area (Å²) in [4.78, 5) is 42.9. The highest BCUT2D eigenvalue weighted by Gasteiger charge is 2.19. The van der Waals surface area contributed by atoms with Gasteiger partial charge >= 0.3 is 11.9 Å². The standard InChI is InChI=1S/C10H16N2O6/c1-6(13)11-5-8(14)12-7(10(17)18)3-2-4-9(15)16/h7H,2-5H2,1H3,(H,11,13)(H,12,14)(H,15,16)(H,17,18)/t7-/m1/s1. The largest absolute Gasteiger partial charge is 0.481 e. The summed E-state index contributed by atoms with van der Waals surface area (Å²) in [7, 11) is 0. The molecule has 0 rings (SSSR count). The van der Waals surface area contributed by atoms with E-state index in [0.717, 1.165) is 0 Å². The van der Waals surface area contributed by atoms with Crippen LogP contribution in [0.5, 0.6) is 0 Å². The number of nitrogens with one attached hydrogen (secondary N) is 2. The van der Waals surface area contributed by atoms with Crippen LogP contribution in [0.25, 0.3) is 0 Å². The maximum absolute atomic E-state index is 11.3. The van der Waals surface area contributed by atoms with E-state index in [1.165, 1.54) is 6.92 Å². The highest BCUT2D eigenvalue weighted by atomic mass is 16.4. The third-order valence-corrected chi connectivity index (χ3v) is 2.01. The van der Waals surface area contributed by atoms with E-state index >= 15 is 0 Å². The molecule has 102 valence electrons. The van der Waals surface area contributed by atoms with Gasteiger partial charge in [-0.1, -0.05) is 0 Å². The molecule has 4 N–H and O–H groups in total. The topological polar surface area (TPSA) is 133 Å².